The highest BCUT2D eigenvalue weighted by Crippen LogP contribution is 2.33. The minimum atomic E-state index is -4.57. The lowest BCUT2D eigenvalue weighted by molar-refractivity contribution is -0.137. The molecule has 0 radical (unpaired) electrons. The maximum atomic E-state index is 12.9. The Labute approximate surface area is 121 Å². The molecule has 2 rings (SSSR count). The summed E-state index contributed by atoms with van der Waals surface area (Å²) in [6.07, 6.45) is -3.18. The van der Waals surface area contributed by atoms with Crippen LogP contribution < -0.4 is 0 Å². The zero-order valence-electron chi connectivity index (χ0n) is 10.4. The smallest absolute Gasteiger partial charge is 0.287 e. The van der Waals surface area contributed by atoms with Gasteiger partial charge in [-0.25, -0.2) is 0 Å². The van der Waals surface area contributed by atoms with E-state index in [1.807, 2.05) is 0 Å². The molecule has 7 heteroatoms. The number of carbonyl (C=O) groups excluding carboxylic acids is 1. The molecule has 2 aromatic rings. The van der Waals surface area contributed by atoms with Crippen molar-refractivity contribution in [3.05, 3.63) is 51.8 Å². The predicted octanol–water partition coefficient (Wildman–Crippen LogP) is 3.92. The Morgan fingerprint density at radius 1 is 1.35 bits per heavy atom. The van der Waals surface area contributed by atoms with Crippen molar-refractivity contribution in [1.29, 1.82) is 0 Å². The molecule has 0 saturated heterocycles. The number of hydrogen-bond donors (Lipinski definition) is 0. The molecule has 0 N–H and O–H groups in total. The van der Waals surface area contributed by atoms with Crippen LogP contribution in [0.4, 0.5) is 13.2 Å². The number of benzene rings is 1. The molecule has 1 aromatic heterocycles. The van der Waals surface area contributed by atoms with E-state index in [0.29, 0.717) is 11.0 Å². The van der Waals surface area contributed by atoms with Gasteiger partial charge in [0.15, 0.2) is 0 Å². The number of hydrogen-bond acceptors (Lipinski definition) is 2. The van der Waals surface area contributed by atoms with Gasteiger partial charge in [-0.05, 0) is 28.9 Å². The summed E-state index contributed by atoms with van der Waals surface area (Å²) < 4.78 is 40.6. The van der Waals surface area contributed by atoms with Crippen LogP contribution >= 0.6 is 15.9 Å². The number of nitrogens with zero attached hydrogens (tertiary/aromatic N) is 2. The van der Waals surface area contributed by atoms with Crippen molar-refractivity contribution in [2.45, 2.75) is 19.6 Å². The van der Waals surface area contributed by atoms with Gasteiger partial charge in [-0.2, -0.15) is 18.3 Å². The lowest BCUT2D eigenvalue weighted by Crippen LogP contribution is -2.17. The van der Waals surface area contributed by atoms with Crippen molar-refractivity contribution in [3.8, 4) is 0 Å². The van der Waals surface area contributed by atoms with Crippen molar-refractivity contribution in [3.63, 3.8) is 0 Å². The van der Waals surface area contributed by atoms with Gasteiger partial charge in [-0.15, -0.1) is 0 Å². The Balaban J connectivity index is 2.58. The molecule has 106 valence electrons. The van der Waals surface area contributed by atoms with Crippen molar-refractivity contribution in [2.24, 2.45) is 0 Å². The lowest BCUT2D eigenvalue weighted by atomic mass is 10.0. The molecular weight excluding hydrogens is 337 g/mol. The van der Waals surface area contributed by atoms with Gasteiger partial charge < -0.3 is 0 Å². The van der Waals surface area contributed by atoms with Crippen LogP contribution in [0.5, 0.6) is 0 Å². The molecule has 0 saturated carbocycles. The molecule has 0 unspecified atom stereocenters. The molecule has 0 spiro atoms. The van der Waals surface area contributed by atoms with Crippen LogP contribution in [0.2, 0.25) is 0 Å². The second-order valence-electron chi connectivity index (χ2n) is 4.03. The highest BCUT2D eigenvalue weighted by atomic mass is 79.9. The van der Waals surface area contributed by atoms with E-state index in [4.69, 9.17) is 0 Å². The summed E-state index contributed by atoms with van der Waals surface area (Å²) in [5, 5.41) is 3.94. The van der Waals surface area contributed by atoms with Gasteiger partial charge in [0, 0.05) is 12.1 Å². The van der Waals surface area contributed by atoms with Crippen molar-refractivity contribution in [2.75, 3.05) is 0 Å². The second kappa shape index (κ2) is 5.40. The van der Waals surface area contributed by atoms with Crippen LogP contribution in [0.1, 0.15) is 28.5 Å². The van der Waals surface area contributed by atoms with Gasteiger partial charge in [0.05, 0.1) is 16.2 Å². The van der Waals surface area contributed by atoms with E-state index in [9.17, 15) is 18.0 Å². The summed E-state index contributed by atoms with van der Waals surface area (Å²) in [5.41, 5.74) is -1.21. The molecule has 0 aliphatic carbocycles. The van der Waals surface area contributed by atoms with Crippen molar-refractivity contribution in [1.82, 2.24) is 9.78 Å². The molecule has 1 aromatic carbocycles. The first-order chi connectivity index (χ1) is 9.36. The van der Waals surface area contributed by atoms with Gasteiger partial charge in [0.1, 0.15) is 5.69 Å². The van der Waals surface area contributed by atoms with Crippen LogP contribution in [-0.4, -0.2) is 15.6 Å². The lowest BCUT2D eigenvalue weighted by Gasteiger charge is -2.12. The number of ketones is 1. The molecule has 3 nitrogen and oxygen atoms in total. The molecular formula is C13H10BrF3N2O. The summed E-state index contributed by atoms with van der Waals surface area (Å²) in [6.45, 7) is 2.15. The van der Waals surface area contributed by atoms with E-state index in [1.54, 1.807) is 6.92 Å². The number of carbonyl (C=O) groups is 1. The van der Waals surface area contributed by atoms with E-state index >= 15 is 0 Å². The second-order valence-corrected chi connectivity index (χ2v) is 4.88. The monoisotopic (exact) mass is 346 g/mol. The summed E-state index contributed by atoms with van der Waals surface area (Å²) in [5.74, 6) is -0.704. The quantitative estimate of drug-likeness (QED) is 0.789. The summed E-state index contributed by atoms with van der Waals surface area (Å²) in [6, 6.07) is 4.73. The van der Waals surface area contributed by atoms with E-state index < -0.39 is 17.5 Å². The summed E-state index contributed by atoms with van der Waals surface area (Å²) in [7, 11) is 0. The molecule has 1 heterocycles. The van der Waals surface area contributed by atoms with Crippen LogP contribution in [0, 0.1) is 0 Å². The molecule has 0 aliphatic rings. The Morgan fingerprint density at radius 2 is 2.00 bits per heavy atom. The summed E-state index contributed by atoms with van der Waals surface area (Å²) in [4.78, 5) is 12.4. The van der Waals surface area contributed by atoms with Gasteiger partial charge in [-0.3, -0.25) is 9.48 Å². The normalized spacial score (nSPS) is 11.7. The topological polar surface area (TPSA) is 34.9 Å². The first kappa shape index (κ1) is 14.8. The number of halogens is 4. The third-order valence-corrected chi connectivity index (χ3v) is 3.37. The Hall–Kier alpha value is -1.63. The number of rotatable bonds is 3. The summed E-state index contributed by atoms with van der Waals surface area (Å²) >= 11 is 3.15. The number of aryl methyl sites for hydroxylation is 1. The Bertz CT molecular complexity index is 649. The van der Waals surface area contributed by atoms with Crippen LogP contribution in [0.3, 0.4) is 0 Å². The number of alkyl halides is 3. The van der Waals surface area contributed by atoms with Gasteiger partial charge >= 0.3 is 6.18 Å². The zero-order valence-corrected chi connectivity index (χ0v) is 12.0. The van der Waals surface area contributed by atoms with Crippen LogP contribution in [-0.2, 0) is 12.7 Å². The van der Waals surface area contributed by atoms with Crippen LogP contribution in [0.15, 0.2) is 34.9 Å². The molecule has 20 heavy (non-hydrogen) atoms. The molecule has 0 amide bonds. The third-order valence-electron chi connectivity index (χ3n) is 2.79. The van der Waals surface area contributed by atoms with Gasteiger partial charge in [0.25, 0.3) is 0 Å². The van der Waals surface area contributed by atoms with Gasteiger partial charge in [-0.1, -0.05) is 18.2 Å². The van der Waals surface area contributed by atoms with Crippen molar-refractivity contribution >= 4 is 21.7 Å². The highest BCUT2D eigenvalue weighted by molar-refractivity contribution is 9.10. The molecule has 0 bridgehead atoms. The Kier molecular flexibility index (Phi) is 3.99. The maximum Gasteiger partial charge on any atom is 0.417 e. The van der Waals surface area contributed by atoms with E-state index in [1.165, 1.54) is 29.1 Å². The van der Waals surface area contributed by atoms with E-state index in [0.717, 1.165) is 6.07 Å². The fourth-order valence-electron chi connectivity index (χ4n) is 1.88. The predicted molar refractivity (Wildman–Crippen MR) is 70.5 cm³/mol. The number of aromatic nitrogens is 2. The molecule has 0 fully saturated rings. The Morgan fingerprint density at radius 3 is 2.60 bits per heavy atom. The molecule has 0 aliphatic heterocycles. The first-order valence-electron chi connectivity index (χ1n) is 5.78. The average molecular weight is 347 g/mol. The van der Waals surface area contributed by atoms with E-state index in [-0.39, 0.29) is 11.3 Å². The standard InChI is InChI=1S/C13H10BrF3N2O/c1-2-19-11(10(14)7-18-19)12(20)8-5-3-4-6-9(8)13(15,16)17/h3-7H,2H2,1H3. The third kappa shape index (κ3) is 2.63. The van der Waals surface area contributed by atoms with E-state index in [2.05, 4.69) is 21.0 Å². The fraction of sp³-hybridized carbons (Fsp3) is 0.231. The van der Waals surface area contributed by atoms with Crippen molar-refractivity contribution < 1.29 is 18.0 Å². The fourth-order valence-corrected chi connectivity index (χ4v) is 2.36. The highest BCUT2D eigenvalue weighted by Gasteiger charge is 2.35. The average Bonchev–Trinajstić information content (AvgIpc) is 2.78. The molecule has 0 atom stereocenters. The first-order valence-corrected chi connectivity index (χ1v) is 6.57. The maximum absolute atomic E-state index is 12.9. The zero-order chi connectivity index (χ0) is 14.9. The van der Waals surface area contributed by atoms with Crippen LogP contribution in [0.25, 0.3) is 0 Å². The largest absolute Gasteiger partial charge is 0.417 e. The minimum absolute atomic E-state index is 0.115. The SMILES string of the molecule is CCn1ncc(Br)c1C(=O)c1ccccc1C(F)(F)F. The minimum Gasteiger partial charge on any atom is -0.287 e. The van der Waals surface area contributed by atoms with Gasteiger partial charge in [0.2, 0.25) is 5.78 Å².